The fourth-order valence-electron chi connectivity index (χ4n) is 3.80. The van der Waals surface area contributed by atoms with E-state index < -0.39 is 0 Å². The number of halogens is 1. The maximum Gasteiger partial charge on any atom is 0.270 e. The number of piperazine rings is 1. The molecular weight excluding hydrogens is 367 g/mol. The quantitative estimate of drug-likeness (QED) is 0.658. The van der Waals surface area contributed by atoms with Crippen molar-refractivity contribution in [1.82, 2.24) is 14.5 Å². The molecule has 0 unspecified atom stereocenters. The Morgan fingerprint density at radius 3 is 2.34 bits per heavy atom. The van der Waals surface area contributed by atoms with Crippen LogP contribution < -0.4 is 4.90 Å². The van der Waals surface area contributed by atoms with Crippen LogP contribution in [-0.2, 0) is 6.54 Å². The molecule has 2 aromatic heterocycles. The maximum atomic E-state index is 13.3. The van der Waals surface area contributed by atoms with Crippen molar-refractivity contribution in [1.29, 1.82) is 0 Å². The third-order valence-electron chi connectivity index (χ3n) is 5.35. The number of amides is 1. The maximum absolute atomic E-state index is 13.3. The number of carbonyl (C=O) groups is 1. The summed E-state index contributed by atoms with van der Waals surface area (Å²) in [5.74, 6) is -0.165. The third-order valence-corrected chi connectivity index (χ3v) is 5.35. The standard InChI is InChI=1S/C23H25FN4O/c1-2-11-28-17-19(18-7-9-25-10-8-18)16-22(28)23(29)27-14-12-26(13-15-27)21-5-3-20(24)4-6-21/h3-10,16-17H,2,11-15H2,1H3. The van der Waals surface area contributed by atoms with Gasteiger partial charge in [-0.25, -0.2) is 4.39 Å². The molecule has 0 saturated carbocycles. The van der Waals surface area contributed by atoms with E-state index in [2.05, 4.69) is 27.6 Å². The summed E-state index contributed by atoms with van der Waals surface area (Å²) in [6, 6.07) is 12.4. The smallest absolute Gasteiger partial charge is 0.270 e. The summed E-state index contributed by atoms with van der Waals surface area (Å²) >= 11 is 0. The Morgan fingerprint density at radius 1 is 1.00 bits per heavy atom. The molecule has 0 aliphatic carbocycles. The van der Waals surface area contributed by atoms with Crippen LogP contribution in [0.5, 0.6) is 0 Å². The predicted octanol–water partition coefficient (Wildman–Crippen LogP) is 4.06. The van der Waals surface area contributed by atoms with Gasteiger partial charge in [0.1, 0.15) is 11.5 Å². The van der Waals surface area contributed by atoms with Crippen LogP contribution in [0.3, 0.4) is 0 Å². The molecule has 0 radical (unpaired) electrons. The number of aromatic nitrogens is 2. The monoisotopic (exact) mass is 392 g/mol. The Labute approximate surface area is 170 Å². The molecular formula is C23H25FN4O. The first-order chi connectivity index (χ1) is 14.2. The zero-order valence-corrected chi connectivity index (χ0v) is 16.6. The fraction of sp³-hybridized carbons (Fsp3) is 0.304. The van der Waals surface area contributed by atoms with Crippen LogP contribution in [0.2, 0.25) is 0 Å². The second-order valence-electron chi connectivity index (χ2n) is 7.30. The van der Waals surface area contributed by atoms with Gasteiger partial charge in [-0.3, -0.25) is 9.78 Å². The minimum absolute atomic E-state index is 0.0671. The lowest BCUT2D eigenvalue weighted by Crippen LogP contribution is -2.49. The van der Waals surface area contributed by atoms with Gasteiger partial charge < -0.3 is 14.4 Å². The summed E-state index contributed by atoms with van der Waals surface area (Å²) in [7, 11) is 0. The van der Waals surface area contributed by atoms with Crippen LogP contribution in [0, 0.1) is 5.82 Å². The highest BCUT2D eigenvalue weighted by atomic mass is 19.1. The summed E-state index contributed by atoms with van der Waals surface area (Å²) in [5, 5.41) is 0. The largest absolute Gasteiger partial charge is 0.368 e. The van der Waals surface area contributed by atoms with E-state index >= 15 is 0 Å². The molecule has 150 valence electrons. The Morgan fingerprint density at radius 2 is 1.69 bits per heavy atom. The Bertz CT molecular complexity index is 960. The molecule has 4 rings (SSSR count). The van der Waals surface area contributed by atoms with E-state index in [-0.39, 0.29) is 11.7 Å². The molecule has 1 aromatic carbocycles. The number of hydrogen-bond donors (Lipinski definition) is 0. The number of anilines is 1. The summed E-state index contributed by atoms with van der Waals surface area (Å²) < 4.78 is 15.2. The van der Waals surface area contributed by atoms with E-state index in [1.54, 1.807) is 24.5 Å². The molecule has 3 heterocycles. The van der Waals surface area contributed by atoms with Crippen LogP contribution in [0.25, 0.3) is 11.1 Å². The molecule has 0 spiro atoms. The van der Waals surface area contributed by atoms with Crippen molar-refractivity contribution < 1.29 is 9.18 Å². The van der Waals surface area contributed by atoms with Crippen LogP contribution in [-0.4, -0.2) is 46.5 Å². The van der Waals surface area contributed by atoms with Crippen molar-refractivity contribution >= 4 is 11.6 Å². The number of benzene rings is 1. The fourth-order valence-corrected chi connectivity index (χ4v) is 3.80. The predicted molar refractivity (Wildman–Crippen MR) is 112 cm³/mol. The second kappa shape index (κ2) is 8.47. The lowest BCUT2D eigenvalue weighted by atomic mass is 10.1. The van der Waals surface area contributed by atoms with Gasteiger partial charge in [-0.1, -0.05) is 6.92 Å². The average Bonchev–Trinajstić information content (AvgIpc) is 3.19. The third kappa shape index (κ3) is 4.16. The van der Waals surface area contributed by atoms with Gasteiger partial charge in [0.15, 0.2) is 0 Å². The van der Waals surface area contributed by atoms with Crippen LogP contribution in [0.1, 0.15) is 23.8 Å². The first-order valence-corrected chi connectivity index (χ1v) is 10.1. The lowest BCUT2D eigenvalue weighted by Gasteiger charge is -2.36. The topological polar surface area (TPSA) is 41.4 Å². The van der Waals surface area contributed by atoms with Gasteiger partial charge in [0.25, 0.3) is 5.91 Å². The molecule has 3 aromatic rings. The number of hydrogen-bond acceptors (Lipinski definition) is 3. The van der Waals surface area contributed by atoms with Crippen LogP contribution in [0.4, 0.5) is 10.1 Å². The molecule has 1 fully saturated rings. The molecule has 0 N–H and O–H groups in total. The summed E-state index contributed by atoms with van der Waals surface area (Å²) in [6.45, 7) is 5.70. The zero-order chi connectivity index (χ0) is 20.2. The molecule has 1 aliphatic heterocycles. The average molecular weight is 392 g/mol. The van der Waals surface area contributed by atoms with Crippen molar-refractivity contribution in [3.05, 3.63) is 72.6 Å². The van der Waals surface area contributed by atoms with Gasteiger partial charge in [-0.05, 0) is 54.4 Å². The van der Waals surface area contributed by atoms with Crippen molar-refractivity contribution in [2.45, 2.75) is 19.9 Å². The number of aryl methyl sites for hydroxylation is 1. The van der Waals surface area contributed by atoms with Crippen LogP contribution in [0.15, 0.2) is 61.1 Å². The van der Waals surface area contributed by atoms with Crippen molar-refractivity contribution in [2.75, 3.05) is 31.1 Å². The summed E-state index contributed by atoms with van der Waals surface area (Å²) in [4.78, 5) is 21.4. The molecule has 0 bridgehead atoms. The van der Waals surface area contributed by atoms with E-state index in [4.69, 9.17) is 0 Å². The molecule has 6 heteroatoms. The van der Waals surface area contributed by atoms with Gasteiger partial charge in [0.05, 0.1) is 0 Å². The van der Waals surface area contributed by atoms with Gasteiger partial charge in [0.2, 0.25) is 0 Å². The number of pyridine rings is 1. The minimum Gasteiger partial charge on any atom is -0.368 e. The molecule has 29 heavy (non-hydrogen) atoms. The Kier molecular flexibility index (Phi) is 5.60. The number of nitrogens with zero attached hydrogens (tertiary/aromatic N) is 4. The van der Waals surface area contributed by atoms with Gasteiger partial charge in [-0.15, -0.1) is 0 Å². The van der Waals surface area contributed by atoms with Gasteiger partial charge in [-0.2, -0.15) is 0 Å². The first kappa shape index (κ1) is 19.2. The van der Waals surface area contributed by atoms with Gasteiger partial charge >= 0.3 is 0 Å². The minimum atomic E-state index is -0.232. The van der Waals surface area contributed by atoms with Gasteiger partial charge in [0, 0.05) is 62.6 Å². The molecule has 0 atom stereocenters. The van der Waals surface area contributed by atoms with E-state index in [9.17, 15) is 9.18 Å². The molecule has 1 amide bonds. The zero-order valence-electron chi connectivity index (χ0n) is 16.6. The highest BCUT2D eigenvalue weighted by Crippen LogP contribution is 2.24. The molecule has 5 nitrogen and oxygen atoms in total. The number of carbonyl (C=O) groups excluding carboxylic acids is 1. The SMILES string of the molecule is CCCn1cc(-c2ccncc2)cc1C(=O)N1CCN(c2ccc(F)cc2)CC1. The van der Waals surface area contributed by atoms with Crippen molar-refractivity contribution in [3.8, 4) is 11.1 Å². The van der Waals surface area contributed by atoms with Crippen molar-refractivity contribution in [3.63, 3.8) is 0 Å². The highest BCUT2D eigenvalue weighted by molar-refractivity contribution is 5.94. The Balaban J connectivity index is 1.49. The summed E-state index contributed by atoms with van der Waals surface area (Å²) in [6.07, 6.45) is 6.55. The normalized spacial score (nSPS) is 14.3. The van der Waals surface area contributed by atoms with E-state index in [0.717, 1.165) is 48.6 Å². The van der Waals surface area contributed by atoms with Crippen LogP contribution >= 0.6 is 0 Å². The Hall–Kier alpha value is -3.15. The lowest BCUT2D eigenvalue weighted by molar-refractivity contribution is 0.0735. The summed E-state index contributed by atoms with van der Waals surface area (Å²) in [5.41, 5.74) is 3.82. The van der Waals surface area contributed by atoms with E-state index in [1.165, 1.54) is 12.1 Å². The highest BCUT2D eigenvalue weighted by Gasteiger charge is 2.25. The van der Waals surface area contributed by atoms with E-state index in [0.29, 0.717) is 13.1 Å². The van der Waals surface area contributed by atoms with Crippen molar-refractivity contribution in [2.24, 2.45) is 0 Å². The first-order valence-electron chi connectivity index (χ1n) is 10.1. The molecule has 1 saturated heterocycles. The second-order valence-corrected chi connectivity index (χ2v) is 7.30. The number of rotatable bonds is 5. The molecule has 1 aliphatic rings. The van der Waals surface area contributed by atoms with E-state index in [1.807, 2.05) is 23.1 Å².